The Bertz CT molecular complexity index is 752. The lowest BCUT2D eigenvalue weighted by Crippen LogP contribution is -2.68. The summed E-state index contributed by atoms with van der Waals surface area (Å²) in [5.41, 5.74) is -1.06. The van der Waals surface area contributed by atoms with Crippen molar-refractivity contribution < 1.29 is 19.1 Å². The second-order valence-electron chi connectivity index (χ2n) is 8.20. The number of carbonyl (C=O) groups excluding carboxylic acids is 2. The number of hydrogen-bond donors (Lipinski definition) is 3. The minimum absolute atomic E-state index is 0.0471. The monoisotopic (exact) mass is 375 g/mol. The van der Waals surface area contributed by atoms with Crippen LogP contribution < -0.4 is 10.6 Å². The summed E-state index contributed by atoms with van der Waals surface area (Å²) in [5, 5.41) is 16.5. The van der Waals surface area contributed by atoms with Crippen LogP contribution in [0.3, 0.4) is 0 Å². The van der Waals surface area contributed by atoms with E-state index in [4.69, 9.17) is 0 Å². The highest BCUT2D eigenvalue weighted by Gasteiger charge is 2.54. The first-order valence-electron chi connectivity index (χ1n) is 9.67. The minimum Gasteiger partial charge on any atom is -0.392 e. The predicted octanol–water partition coefficient (Wildman–Crippen LogP) is 0.447. The molecule has 1 spiro atoms. The Morgan fingerprint density at radius 3 is 2.78 bits per heavy atom. The number of aliphatic hydroxyl groups excluding tert-OH is 1. The molecule has 3 fully saturated rings. The summed E-state index contributed by atoms with van der Waals surface area (Å²) in [5.74, 6) is -0.503. The van der Waals surface area contributed by atoms with Gasteiger partial charge in [0.2, 0.25) is 11.8 Å². The van der Waals surface area contributed by atoms with Crippen molar-refractivity contribution in [3.63, 3.8) is 0 Å². The van der Waals surface area contributed by atoms with Gasteiger partial charge in [-0.2, -0.15) is 0 Å². The highest BCUT2D eigenvalue weighted by atomic mass is 19.1. The number of carbonyl (C=O) groups is 2. The number of aliphatic hydroxyl groups is 1. The van der Waals surface area contributed by atoms with Crippen molar-refractivity contribution in [2.24, 2.45) is 10.8 Å². The first-order valence-corrected chi connectivity index (χ1v) is 9.67. The highest BCUT2D eigenvalue weighted by molar-refractivity contribution is 5.88. The highest BCUT2D eigenvalue weighted by Crippen LogP contribution is 2.40. The fourth-order valence-corrected chi connectivity index (χ4v) is 4.74. The molecule has 0 radical (unpaired) electrons. The molecule has 2 atom stereocenters. The summed E-state index contributed by atoms with van der Waals surface area (Å²) in [6.07, 6.45) is 1.38. The number of nitrogens with one attached hydrogen (secondary N) is 2. The number of amides is 2. The molecule has 4 rings (SSSR count). The van der Waals surface area contributed by atoms with E-state index in [0.717, 1.165) is 6.42 Å². The number of halogens is 1. The zero-order valence-corrected chi connectivity index (χ0v) is 15.3. The summed E-state index contributed by atoms with van der Waals surface area (Å²) in [6.45, 7) is 2.27. The molecule has 6 nitrogen and oxygen atoms in total. The van der Waals surface area contributed by atoms with Crippen LogP contribution in [0.4, 0.5) is 4.39 Å². The van der Waals surface area contributed by atoms with Crippen LogP contribution in [0.15, 0.2) is 24.3 Å². The zero-order chi connectivity index (χ0) is 19.1. The number of rotatable bonds is 3. The lowest BCUT2D eigenvalue weighted by atomic mass is 9.69. The van der Waals surface area contributed by atoms with Gasteiger partial charge in [-0.05, 0) is 37.3 Å². The average Bonchev–Trinajstić information content (AvgIpc) is 2.63. The molecule has 3 heterocycles. The fourth-order valence-electron chi connectivity index (χ4n) is 4.74. The maximum Gasteiger partial charge on any atom is 0.231 e. The van der Waals surface area contributed by atoms with Crippen molar-refractivity contribution in [2.75, 3.05) is 32.7 Å². The number of piperidine rings is 2. The molecule has 27 heavy (non-hydrogen) atoms. The largest absolute Gasteiger partial charge is 0.392 e. The van der Waals surface area contributed by atoms with Crippen LogP contribution in [0.1, 0.15) is 24.8 Å². The maximum absolute atomic E-state index is 14.1. The molecule has 3 N–H and O–H groups in total. The van der Waals surface area contributed by atoms with Crippen LogP contribution in [-0.4, -0.2) is 60.6 Å². The van der Waals surface area contributed by atoms with Crippen LogP contribution in [0.5, 0.6) is 0 Å². The molecular formula is C20H26FN3O3. The summed E-state index contributed by atoms with van der Waals surface area (Å²) in [7, 11) is 0. The van der Waals surface area contributed by atoms with Crippen LogP contribution in [-0.2, 0) is 16.0 Å². The molecule has 1 aromatic carbocycles. The van der Waals surface area contributed by atoms with Crippen LogP contribution in [0, 0.1) is 16.6 Å². The fraction of sp³-hybridized carbons (Fsp3) is 0.600. The molecule has 2 amide bonds. The number of benzene rings is 1. The van der Waals surface area contributed by atoms with Gasteiger partial charge in [0.1, 0.15) is 5.82 Å². The van der Waals surface area contributed by atoms with Crippen LogP contribution in [0.2, 0.25) is 0 Å². The zero-order valence-electron chi connectivity index (χ0n) is 15.3. The van der Waals surface area contributed by atoms with Crippen molar-refractivity contribution in [3.8, 4) is 0 Å². The molecule has 0 aliphatic carbocycles. The molecule has 146 valence electrons. The van der Waals surface area contributed by atoms with E-state index in [-0.39, 0.29) is 24.2 Å². The number of hydrogen-bond acceptors (Lipinski definition) is 4. The first-order chi connectivity index (χ1) is 13.0. The van der Waals surface area contributed by atoms with Gasteiger partial charge in [0.25, 0.3) is 0 Å². The smallest absolute Gasteiger partial charge is 0.231 e. The Hall–Kier alpha value is -1.99. The summed E-state index contributed by atoms with van der Waals surface area (Å²) < 4.78 is 14.1. The van der Waals surface area contributed by atoms with E-state index < -0.39 is 16.9 Å². The summed E-state index contributed by atoms with van der Waals surface area (Å²) in [6, 6.07) is 6.56. The first kappa shape index (κ1) is 18.4. The molecule has 0 unspecified atom stereocenters. The van der Waals surface area contributed by atoms with Crippen LogP contribution >= 0.6 is 0 Å². The molecule has 3 aliphatic rings. The third-order valence-electron chi connectivity index (χ3n) is 6.48. The molecule has 1 aromatic rings. The standard InChI is InChI=1S/C20H26FN3O3/c21-15-5-2-1-4-14(15)10-19(11-22-12-19)18(27)24-9-6-16(25)20(13-24)7-3-8-23-17(20)26/h1-2,4-5,16,22,25H,3,6-13H2,(H,23,26)/t16-,20+/m0/s1. The average molecular weight is 375 g/mol. The Kier molecular flexibility index (Phi) is 4.68. The maximum atomic E-state index is 14.1. The molecule has 7 heteroatoms. The minimum atomic E-state index is -0.914. The molecule has 0 bridgehead atoms. The molecule has 3 aliphatic heterocycles. The Morgan fingerprint density at radius 1 is 1.33 bits per heavy atom. The van der Waals surface area contributed by atoms with E-state index in [2.05, 4.69) is 10.6 Å². The number of nitrogens with zero attached hydrogens (tertiary/aromatic N) is 1. The second kappa shape index (κ2) is 6.87. The van der Waals surface area contributed by atoms with E-state index in [9.17, 15) is 19.1 Å². The van der Waals surface area contributed by atoms with Crippen molar-refractivity contribution in [1.82, 2.24) is 15.5 Å². The van der Waals surface area contributed by atoms with E-state index in [1.807, 2.05) is 0 Å². The lowest BCUT2D eigenvalue weighted by Gasteiger charge is -2.51. The van der Waals surface area contributed by atoms with Gasteiger partial charge in [-0.1, -0.05) is 18.2 Å². The number of likely N-dealkylation sites (tertiary alicyclic amines) is 1. The van der Waals surface area contributed by atoms with Gasteiger partial charge in [0.15, 0.2) is 0 Å². The molecule has 3 saturated heterocycles. The van der Waals surface area contributed by atoms with Crippen molar-refractivity contribution >= 4 is 11.8 Å². The molecular weight excluding hydrogens is 349 g/mol. The third kappa shape index (κ3) is 3.02. The van der Waals surface area contributed by atoms with Gasteiger partial charge >= 0.3 is 0 Å². The van der Waals surface area contributed by atoms with Gasteiger partial charge in [0.05, 0.1) is 16.9 Å². The Balaban J connectivity index is 1.56. The van der Waals surface area contributed by atoms with E-state index >= 15 is 0 Å². The SMILES string of the molecule is O=C(N1CC[C@H](O)[C@@]2(CCCNC2=O)C1)C1(Cc2ccccc2F)CNC1. The topological polar surface area (TPSA) is 81.7 Å². The van der Waals surface area contributed by atoms with Gasteiger partial charge in [0, 0.05) is 32.7 Å². The lowest BCUT2D eigenvalue weighted by molar-refractivity contribution is -0.161. The van der Waals surface area contributed by atoms with Crippen molar-refractivity contribution in [1.29, 1.82) is 0 Å². The molecule has 0 aromatic heterocycles. The van der Waals surface area contributed by atoms with Crippen molar-refractivity contribution in [2.45, 2.75) is 31.8 Å². The summed E-state index contributed by atoms with van der Waals surface area (Å²) >= 11 is 0. The third-order valence-corrected chi connectivity index (χ3v) is 6.48. The predicted molar refractivity (Wildman–Crippen MR) is 97.3 cm³/mol. The van der Waals surface area contributed by atoms with E-state index in [0.29, 0.717) is 51.0 Å². The van der Waals surface area contributed by atoms with Gasteiger partial charge < -0.3 is 20.6 Å². The normalized spacial score (nSPS) is 29.9. The van der Waals surface area contributed by atoms with Gasteiger partial charge in [-0.15, -0.1) is 0 Å². The van der Waals surface area contributed by atoms with Crippen LogP contribution in [0.25, 0.3) is 0 Å². The van der Waals surface area contributed by atoms with Gasteiger partial charge in [-0.3, -0.25) is 9.59 Å². The second-order valence-corrected chi connectivity index (χ2v) is 8.20. The van der Waals surface area contributed by atoms with E-state index in [1.165, 1.54) is 6.07 Å². The Labute approximate surface area is 158 Å². The Morgan fingerprint density at radius 2 is 2.11 bits per heavy atom. The quantitative estimate of drug-likeness (QED) is 0.717. The molecule has 0 saturated carbocycles. The summed E-state index contributed by atoms with van der Waals surface area (Å²) in [4.78, 5) is 27.7. The van der Waals surface area contributed by atoms with E-state index in [1.54, 1.807) is 23.1 Å². The van der Waals surface area contributed by atoms with Crippen molar-refractivity contribution in [3.05, 3.63) is 35.6 Å². The van der Waals surface area contributed by atoms with Gasteiger partial charge in [-0.25, -0.2) is 4.39 Å².